The maximum atomic E-state index is 5.75. The highest BCUT2D eigenvalue weighted by Crippen LogP contribution is 2.30. The lowest BCUT2D eigenvalue weighted by Gasteiger charge is -2.01. The van der Waals surface area contributed by atoms with Gasteiger partial charge in [0.25, 0.3) is 0 Å². The molecule has 0 aromatic carbocycles. The molecule has 1 heteroatoms. The molecule has 0 aliphatic carbocycles. The fourth-order valence-corrected chi connectivity index (χ4v) is 2.96. The topological polar surface area (TPSA) is 12.5 Å². The maximum Gasteiger partial charge on any atom is 0.0876 e. The van der Waals surface area contributed by atoms with Crippen molar-refractivity contribution in [3.05, 3.63) is 24.3 Å². The molecule has 1 heterocycles. The summed E-state index contributed by atoms with van der Waals surface area (Å²) >= 11 is 0. The van der Waals surface area contributed by atoms with E-state index >= 15 is 0 Å². The van der Waals surface area contributed by atoms with E-state index in [-0.39, 0.29) is 0 Å². The Labute approximate surface area is 139 Å². The minimum absolute atomic E-state index is 0.528. The normalized spacial score (nSPS) is 21.2. The molecule has 2 atom stereocenters. The lowest BCUT2D eigenvalue weighted by molar-refractivity contribution is 0.358. The van der Waals surface area contributed by atoms with Gasteiger partial charge in [-0.05, 0) is 25.7 Å². The van der Waals surface area contributed by atoms with Crippen LogP contribution in [0.2, 0.25) is 0 Å². The number of allylic oxidation sites excluding steroid dienone is 3. The van der Waals surface area contributed by atoms with Crippen molar-refractivity contribution in [2.75, 3.05) is 0 Å². The Balaban J connectivity index is 1.81. The second-order valence-electron chi connectivity index (χ2n) is 6.65. The molecule has 1 unspecified atom stereocenters. The number of rotatable bonds is 15. The molecule has 0 spiro atoms. The molecule has 1 saturated heterocycles. The number of ether oxygens (including phenoxy) is 1. The van der Waals surface area contributed by atoms with Crippen LogP contribution in [-0.2, 0) is 4.74 Å². The van der Waals surface area contributed by atoms with E-state index in [2.05, 4.69) is 38.2 Å². The van der Waals surface area contributed by atoms with Gasteiger partial charge in [0.05, 0.1) is 12.2 Å². The number of hydrogen-bond acceptors (Lipinski definition) is 1. The molecule has 1 aliphatic rings. The van der Waals surface area contributed by atoms with Crippen molar-refractivity contribution in [3.8, 4) is 0 Å². The molecule has 22 heavy (non-hydrogen) atoms. The first kappa shape index (κ1) is 19.5. The van der Waals surface area contributed by atoms with Gasteiger partial charge in [0.2, 0.25) is 0 Å². The Bertz CT molecular complexity index is 292. The van der Waals surface area contributed by atoms with Crippen molar-refractivity contribution >= 4 is 0 Å². The van der Waals surface area contributed by atoms with Gasteiger partial charge in [-0.15, -0.1) is 0 Å². The van der Waals surface area contributed by atoms with E-state index in [4.69, 9.17) is 4.74 Å². The van der Waals surface area contributed by atoms with Crippen molar-refractivity contribution in [2.45, 2.75) is 110 Å². The molecule has 1 rings (SSSR count). The number of unbranched alkanes of at least 4 members (excludes halogenated alkanes) is 8. The highest BCUT2D eigenvalue weighted by Gasteiger charge is 2.36. The summed E-state index contributed by atoms with van der Waals surface area (Å²) in [7, 11) is 0. The summed E-state index contributed by atoms with van der Waals surface area (Å²) in [4.78, 5) is 0. The summed E-state index contributed by atoms with van der Waals surface area (Å²) < 4.78 is 5.75. The van der Waals surface area contributed by atoms with Crippen LogP contribution in [0.15, 0.2) is 24.3 Å². The van der Waals surface area contributed by atoms with Crippen molar-refractivity contribution < 1.29 is 4.74 Å². The third-order valence-electron chi connectivity index (χ3n) is 4.49. The van der Waals surface area contributed by atoms with Crippen molar-refractivity contribution in [2.24, 2.45) is 0 Å². The van der Waals surface area contributed by atoms with E-state index < -0.39 is 0 Å². The quantitative estimate of drug-likeness (QED) is 0.181. The Morgan fingerprint density at radius 2 is 1.32 bits per heavy atom. The largest absolute Gasteiger partial charge is 0.369 e. The van der Waals surface area contributed by atoms with E-state index in [1.54, 1.807) is 0 Å². The van der Waals surface area contributed by atoms with E-state index in [1.165, 1.54) is 64.2 Å². The average Bonchev–Trinajstić information content (AvgIpc) is 3.27. The monoisotopic (exact) mass is 306 g/mol. The molecule has 128 valence electrons. The molecule has 1 aliphatic heterocycles. The highest BCUT2D eigenvalue weighted by atomic mass is 16.6. The van der Waals surface area contributed by atoms with Crippen LogP contribution in [-0.4, -0.2) is 12.2 Å². The fourth-order valence-electron chi connectivity index (χ4n) is 2.96. The van der Waals surface area contributed by atoms with Gasteiger partial charge < -0.3 is 4.74 Å². The van der Waals surface area contributed by atoms with Crippen LogP contribution in [0, 0.1) is 0 Å². The molecule has 0 amide bonds. The first-order valence-corrected chi connectivity index (χ1v) is 9.84. The van der Waals surface area contributed by atoms with Gasteiger partial charge in [0.15, 0.2) is 0 Å². The summed E-state index contributed by atoms with van der Waals surface area (Å²) in [5.41, 5.74) is 0. The molecule has 0 aromatic rings. The molecule has 0 bridgehead atoms. The number of hydrogen-bond donors (Lipinski definition) is 0. The van der Waals surface area contributed by atoms with Crippen LogP contribution in [0.3, 0.4) is 0 Å². The van der Waals surface area contributed by atoms with Gasteiger partial charge in [-0.25, -0.2) is 0 Å². The Morgan fingerprint density at radius 1 is 0.682 bits per heavy atom. The van der Waals surface area contributed by atoms with Crippen LogP contribution in [0.25, 0.3) is 0 Å². The summed E-state index contributed by atoms with van der Waals surface area (Å²) in [6, 6.07) is 0. The van der Waals surface area contributed by atoms with Gasteiger partial charge in [-0.2, -0.15) is 0 Å². The number of epoxide rings is 1. The first-order valence-electron chi connectivity index (χ1n) is 9.84. The third-order valence-corrected chi connectivity index (χ3v) is 4.49. The molecule has 0 N–H and O–H groups in total. The molecule has 1 fully saturated rings. The van der Waals surface area contributed by atoms with Gasteiger partial charge >= 0.3 is 0 Å². The molecular formula is C21H38O. The van der Waals surface area contributed by atoms with E-state index in [0.29, 0.717) is 12.2 Å². The third kappa shape index (κ3) is 11.1. The minimum Gasteiger partial charge on any atom is -0.369 e. The van der Waals surface area contributed by atoms with Crippen LogP contribution in [0.1, 0.15) is 97.3 Å². The highest BCUT2D eigenvalue weighted by molar-refractivity contribution is 4.97. The zero-order chi connectivity index (χ0) is 15.9. The first-order chi connectivity index (χ1) is 10.9. The molecule has 1 nitrogen and oxygen atoms in total. The molecular weight excluding hydrogens is 268 g/mol. The SMILES string of the molecule is CC/C=C\C/C=C\C[C@@H]1OC1CCCCCCCCCCC. The lowest BCUT2D eigenvalue weighted by Crippen LogP contribution is -1.93. The molecule has 0 radical (unpaired) electrons. The Morgan fingerprint density at radius 3 is 2.00 bits per heavy atom. The fraction of sp³-hybridized carbons (Fsp3) is 0.810. The summed E-state index contributed by atoms with van der Waals surface area (Å²) in [5, 5.41) is 0. The van der Waals surface area contributed by atoms with Gasteiger partial charge in [0, 0.05) is 0 Å². The van der Waals surface area contributed by atoms with Crippen molar-refractivity contribution in [3.63, 3.8) is 0 Å². The summed E-state index contributed by atoms with van der Waals surface area (Å²) in [6.07, 6.45) is 27.5. The Kier molecular flexibility index (Phi) is 12.5. The smallest absolute Gasteiger partial charge is 0.0876 e. The zero-order valence-electron chi connectivity index (χ0n) is 15.1. The van der Waals surface area contributed by atoms with Gasteiger partial charge in [-0.1, -0.05) is 95.9 Å². The second kappa shape index (κ2) is 14.1. The summed E-state index contributed by atoms with van der Waals surface area (Å²) in [5.74, 6) is 0. The predicted molar refractivity (Wildman–Crippen MR) is 98.3 cm³/mol. The van der Waals surface area contributed by atoms with Crippen LogP contribution >= 0.6 is 0 Å². The standard InChI is InChI=1S/C21H38O/c1-3-5-7-9-11-12-13-15-17-19-21-20(22-21)18-16-14-10-8-6-4-2/h6,8,14,16,20-21H,3-5,7,9-13,15,17-19H2,1-2H3/b8-6-,16-14-/t20-,21?/m0/s1. The minimum atomic E-state index is 0.528. The second-order valence-corrected chi connectivity index (χ2v) is 6.65. The zero-order valence-corrected chi connectivity index (χ0v) is 15.1. The van der Waals surface area contributed by atoms with E-state index in [0.717, 1.165) is 19.3 Å². The lowest BCUT2D eigenvalue weighted by atomic mass is 10.0. The van der Waals surface area contributed by atoms with E-state index in [9.17, 15) is 0 Å². The van der Waals surface area contributed by atoms with Gasteiger partial charge in [-0.3, -0.25) is 0 Å². The van der Waals surface area contributed by atoms with Crippen molar-refractivity contribution in [1.29, 1.82) is 0 Å². The average molecular weight is 307 g/mol. The summed E-state index contributed by atoms with van der Waals surface area (Å²) in [6.45, 7) is 4.46. The van der Waals surface area contributed by atoms with Crippen molar-refractivity contribution in [1.82, 2.24) is 0 Å². The van der Waals surface area contributed by atoms with Gasteiger partial charge in [0.1, 0.15) is 0 Å². The van der Waals surface area contributed by atoms with Crippen LogP contribution in [0.5, 0.6) is 0 Å². The predicted octanol–water partition coefficient (Wildman–Crippen LogP) is 6.98. The Hall–Kier alpha value is -0.560. The van der Waals surface area contributed by atoms with E-state index in [1.807, 2.05) is 0 Å². The molecule has 0 aromatic heterocycles. The molecule has 0 saturated carbocycles. The maximum absolute atomic E-state index is 5.75. The van der Waals surface area contributed by atoms with Crippen LogP contribution < -0.4 is 0 Å². The van der Waals surface area contributed by atoms with Crippen LogP contribution in [0.4, 0.5) is 0 Å².